The fraction of sp³-hybridized carbons (Fsp3) is 0.923. The maximum Gasteiger partial charge on any atom is 0.408 e. The van der Waals surface area contributed by atoms with Gasteiger partial charge in [-0.3, -0.25) is 4.79 Å². The van der Waals surface area contributed by atoms with Gasteiger partial charge in [0.15, 0.2) is 0 Å². The van der Waals surface area contributed by atoms with Gasteiger partial charge in [0, 0.05) is 12.5 Å². The SMILES string of the molecule is O=C(CC1CCCN1)NC(C1CCCC1)C(F)(F)F. The maximum absolute atomic E-state index is 13.0. The largest absolute Gasteiger partial charge is 0.408 e. The van der Waals surface area contributed by atoms with E-state index >= 15 is 0 Å². The zero-order valence-electron chi connectivity index (χ0n) is 10.9. The number of halogens is 3. The van der Waals surface area contributed by atoms with Crippen LogP contribution in [0.25, 0.3) is 0 Å². The molecule has 1 saturated heterocycles. The number of carbonyl (C=O) groups is 1. The lowest BCUT2D eigenvalue weighted by Crippen LogP contribution is -2.50. The predicted octanol–water partition coefficient (Wildman–Crippen LogP) is 2.37. The Bertz CT molecular complexity index is 308. The molecule has 2 fully saturated rings. The Hall–Kier alpha value is -0.780. The lowest BCUT2D eigenvalue weighted by molar-refractivity contribution is -0.172. The third-order valence-electron chi connectivity index (χ3n) is 4.13. The number of carbonyl (C=O) groups excluding carboxylic acids is 1. The van der Waals surface area contributed by atoms with Crippen LogP contribution in [-0.4, -0.2) is 30.7 Å². The number of hydrogen-bond donors (Lipinski definition) is 2. The van der Waals surface area contributed by atoms with Crippen LogP contribution < -0.4 is 10.6 Å². The minimum Gasteiger partial charge on any atom is -0.344 e. The molecule has 2 rings (SSSR count). The molecule has 1 amide bonds. The van der Waals surface area contributed by atoms with E-state index in [0.29, 0.717) is 12.8 Å². The molecule has 2 aliphatic rings. The van der Waals surface area contributed by atoms with Crippen molar-refractivity contribution in [1.29, 1.82) is 0 Å². The molecule has 2 unspecified atom stereocenters. The zero-order chi connectivity index (χ0) is 13.9. The molecule has 0 aromatic heterocycles. The number of amides is 1. The lowest BCUT2D eigenvalue weighted by atomic mass is 9.97. The summed E-state index contributed by atoms with van der Waals surface area (Å²) in [6.07, 6.45) is 0.455. The second-order valence-corrected chi connectivity index (χ2v) is 5.63. The number of hydrogen-bond acceptors (Lipinski definition) is 2. The lowest BCUT2D eigenvalue weighted by Gasteiger charge is -2.27. The van der Waals surface area contributed by atoms with E-state index in [2.05, 4.69) is 10.6 Å². The molecule has 0 aromatic rings. The summed E-state index contributed by atoms with van der Waals surface area (Å²) in [7, 11) is 0. The van der Waals surface area contributed by atoms with Gasteiger partial charge < -0.3 is 10.6 Å². The van der Waals surface area contributed by atoms with E-state index in [-0.39, 0.29) is 12.5 Å². The van der Waals surface area contributed by atoms with E-state index in [0.717, 1.165) is 32.2 Å². The molecule has 1 saturated carbocycles. The highest BCUT2D eigenvalue weighted by Crippen LogP contribution is 2.35. The van der Waals surface area contributed by atoms with Crippen molar-refractivity contribution in [3.63, 3.8) is 0 Å². The van der Waals surface area contributed by atoms with E-state index in [1.165, 1.54) is 0 Å². The summed E-state index contributed by atoms with van der Waals surface area (Å²) >= 11 is 0. The average Bonchev–Trinajstić information content (AvgIpc) is 2.96. The van der Waals surface area contributed by atoms with Crippen molar-refractivity contribution < 1.29 is 18.0 Å². The van der Waals surface area contributed by atoms with E-state index in [1.54, 1.807) is 0 Å². The van der Waals surface area contributed by atoms with E-state index in [1.807, 2.05) is 0 Å². The molecule has 1 heterocycles. The van der Waals surface area contributed by atoms with Gasteiger partial charge in [-0.05, 0) is 38.1 Å². The molecule has 1 aliphatic carbocycles. The number of nitrogens with one attached hydrogen (secondary N) is 2. The summed E-state index contributed by atoms with van der Waals surface area (Å²) in [5, 5.41) is 5.35. The van der Waals surface area contributed by atoms with Gasteiger partial charge in [0.1, 0.15) is 6.04 Å². The molecule has 0 bridgehead atoms. The van der Waals surface area contributed by atoms with E-state index in [9.17, 15) is 18.0 Å². The predicted molar refractivity (Wildman–Crippen MR) is 65.6 cm³/mol. The van der Waals surface area contributed by atoms with Crippen LogP contribution in [0, 0.1) is 5.92 Å². The van der Waals surface area contributed by atoms with Gasteiger partial charge in [0.2, 0.25) is 5.91 Å². The third-order valence-corrected chi connectivity index (χ3v) is 4.13. The average molecular weight is 278 g/mol. The summed E-state index contributed by atoms with van der Waals surface area (Å²) < 4.78 is 39.0. The number of rotatable bonds is 4. The fourth-order valence-electron chi connectivity index (χ4n) is 3.14. The Morgan fingerprint density at radius 3 is 2.42 bits per heavy atom. The van der Waals surface area contributed by atoms with Crippen LogP contribution in [0.15, 0.2) is 0 Å². The first kappa shape index (κ1) is 14.6. The summed E-state index contributed by atoms with van der Waals surface area (Å²) in [5.41, 5.74) is 0. The second kappa shape index (κ2) is 6.11. The Balaban J connectivity index is 1.89. The van der Waals surface area contributed by atoms with E-state index < -0.39 is 24.0 Å². The summed E-state index contributed by atoms with van der Waals surface area (Å²) in [6, 6.07) is -1.62. The van der Waals surface area contributed by atoms with Gasteiger partial charge in [-0.15, -0.1) is 0 Å². The van der Waals surface area contributed by atoms with Gasteiger partial charge in [0.25, 0.3) is 0 Å². The minimum atomic E-state index is -4.34. The standard InChI is InChI=1S/C13H21F3N2O/c14-13(15,16)12(9-4-1-2-5-9)18-11(19)8-10-6-3-7-17-10/h9-10,12,17H,1-8H2,(H,18,19). The van der Waals surface area contributed by atoms with Crippen LogP contribution in [0.1, 0.15) is 44.9 Å². The van der Waals surface area contributed by atoms with Crippen molar-refractivity contribution in [2.24, 2.45) is 5.92 Å². The normalized spacial score (nSPS) is 26.6. The highest BCUT2D eigenvalue weighted by molar-refractivity contribution is 5.77. The van der Waals surface area contributed by atoms with Gasteiger partial charge in [-0.25, -0.2) is 0 Å². The smallest absolute Gasteiger partial charge is 0.344 e. The molecule has 0 aromatic carbocycles. The second-order valence-electron chi connectivity index (χ2n) is 5.63. The number of alkyl halides is 3. The molecule has 3 nitrogen and oxygen atoms in total. The van der Waals surface area contributed by atoms with Gasteiger partial charge >= 0.3 is 6.18 Å². The van der Waals surface area contributed by atoms with Crippen LogP contribution in [-0.2, 0) is 4.79 Å². The summed E-state index contributed by atoms with van der Waals surface area (Å²) in [6.45, 7) is 0.850. The Morgan fingerprint density at radius 2 is 1.89 bits per heavy atom. The van der Waals surface area contributed by atoms with Crippen LogP contribution in [0.4, 0.5) is 13.2 Å². The quantitative estimate of drug-likeness (QED) is 0.829. The molecular weight excluding hydrogens is 257 g/mol. The Kier molecular flexibility index (Phi) is 4.71. The first-order chi connectivity index (χ1) is 8.97. The molecule has 1 aliphatic heterocycles. The molecule has 6 heteroatoms. The van der Waals surface area contributed by atoms with Crippen molar-refractivity contribution >= 4 is 5.91 Å². The monoisotopic (exact) mass is 278 g/mol. The van der Waals surface area contributed by atoms with Crippen molar-refractivity contribution in [3.05, 3.63) is 0 Å². The van der Waals surface area contributed by atoms with Crippen molar-refractivity contribution in [2.45, 2.75) is 63.2 Å². The fourth-order valence-corrected chi connectivity index (χ4v) is 3.14. The van der Waals surface area contributed by atoms with Gasteiger partial charge in [-0.1, -0.05) is 12.8 Å². The van der Waals surface area contributed by atoms with E-state index in [4.69, 9.17) is 0 Å². The van der Waals surface area contributed by atoms with Crippen LogP contribution in [0.3, 0.4) is 0 Å². The van der Waals surface area contributed by atoms with Crippen LogP contribution in [0.2, 0.25) is 0 Å². The first-order valence-electron chi connectivity index (χ1n) is 7.06. The molecule has 2 N–H and O–H groups in total. The molecular formula is C13H21F3N2O. The van der Waals surface area contributed by atoms with Crippen molar-refractivity contribution in [2.75, 3.05) is 6.54 Å². The highest BCUT2D eigenvalue weighted by atomic mass is 19.4. The molecule has 110 valence electrons. The molecule has 2 atom stereocenters. The minimum absolute atomic E-state index is 0.0393. The molecule has 0 spiro atoms. The molecule has 19 heavy (non-hydrogen) atoms. The molecule has 0 radical (unpaired) electrons. The van der Waals surface area contributed by atoms with Crippen molar-refractivity contribution in [3.8, 4) is 0 Å². The summed E-state index contributed by atoms with van der Waals surface area (Å²) in [4.78, 5) is 11.8. The van der Waals surface area contributed by atoms with Crippen LogP contribution >= 0.6 is 0 Å². The van der Waals surface area contributed by atoms with Crippen molar-refractivity contribution in [1.82, 2.24) is 10.6 Å². The van der Waals surface area contributed by atoms with Gasteiger partial charge in [0.05, 0.1) is 0 Å². The zero-order valence-corrected chi connectivity index (χ0v) is 10.9. The van der Waals surface area contributed by atoms with Gasteiger partial charge in [-0.2, -0.15) is 13.2 Å². The topological polar surface area (TPSA) is 41.1 Å². The maximum atomic E-state index is 13.0. The summed E-state index contributed by atoms with van der Waals surface area (Å²) in [5.74, 6) is -0.922. The third kappa shape index (κ3) is 4.09. The Labute approximate surface area is 111 Å². The Morgan fingerprint density at radius 1 is 1.21 bits per heavy atom. The highest BCUT2D eigenvalue weighted by Gasteiger charge is 2.46. The van der Waals surface area contributed by atoms with Crippen LogP contribution in [0.5, 0.6) is 0 Å². The first-order valence-corrected chi connectivity index (χ1v) is 7.06.